The van der Waals surface area contributed by atoms with Crippen molar-refractivity contribution in [3.8, 4) is 0 Å². The molecule has 1 amide bonds. The smallest absolute Gasteiger partial charge is 0.226 e. The van der Waals surface area contributed by atoms with Crippen LogP contribution in [0.1, 0.15) is 37.2 Å². The molecule has 4 nitrogen and oxygen atoms in total. The van der Waals surface area contributed by atoms with Crippen LogP contribution in [0.15, 0.2) is 28.1 Å². The molecule has 2 heterocycles. The van der Waals surface area contributed by atoms with Crippen LogP contribution in [-0.4, -0.2) is 10.9 Å². The lowest BCUT2D eigenvalue weighted by Crippen LogP contribution is -2.11. The van der Waals surface area contributed by atoms with E-state index in [1.54, 1.807) is 6.20 Å². The van der Waals surface area contributed by atoms with Crippen LogP contribution in [-0.2, 0) is 11.2 Å². The average Bonchev–Trinajstić information content (AvgIpc) is 2.87. The number of rotatable bonds is 5. The highest BCUT2D eigenvalue weighted by Gasteiger charge is 2.36. The highest BCUT2D eigenvalue weighted by molar-refractivity contribution is 7.13. The predicted molar refractivity (Wildman–Crippen MR) is 74.3 cm³/mol. The maximum Gasteiger partial charge on any atom is 0.226 e. The summed E-state index contributed by atoms with van der Waals surface area (Å²) in [7, 11) is 0. The van der Waals surface area contributed by atoms with E-state index in [1.165, 1.54) is 17.8 Å². The second-order valence-electron chi connectivity index (χ2n) is 5.01. The quantitative estimate of drug-likeness (QED) is 0.910. The lowest BCUT2D eigenvalue weighted by atomic mass is 10.2. The van der Waals surface area contributed by atoms with E-state index in [-0.39, 0.29) is 5.91 Å². The van der Waals surface area contributed by atoms with Gasteiger partial charge < -0.3 is 9.73 Å². The first kappa shape index (κ1) is 12.4. The maximum absolute atomic E-state index is 11.7. The van der Waals surface area contributed by atoms with Crippen molar-refractivity contribution in [1.82, 2.24) is 4.98 Å². The number of aromatic nitrogens is 1. The summed E-state index contributed by atoms with van der Waals surface area (Å²) in [5.41, 5.74) is 0. The van der Waals surface area contributed by atoms with E-state index < -0.39 is 0 Å². The molecule has 19 heavy (non-hydrogen) atoms. The van der Waals surface area contributed by atoms with Crippen LogP contribution in [0.5, 0.6) is 0 Å². The Morgan fingerprint density at radius 3 is 3.11 bits per heavy atom. The van der Waals surface area contributed by atoms with Gasteiger partial charge in [0.1, 0.15) is 11.5 Å². The Balaban J connectivity index is 1.49. The summed E-state index contributed by atoms with van der Waals surface area (Å²) in [5.74, 6) is 3.28. The number of anilines is 1. The van der Waals surface area contributed by atoms with Gasteiger partial charge in [-0.05, 0) is 24.5 Å². The number of hydrogen-bond donors (Lipinski definition) is 1. The standard InChI is InChI=1S/C14H16N2O2S/c1-9-8-11(9)12-4-2-10(18-12)3-5-13(17)16-14-15-6-7-19-14/h2,4,6-7,9,11H,3,5,8H2,1H3,(H,15,16,17)/t9-,11-/m0/s1. The summed E-state index contributed by atoms with van der Waals surface area (Å²) in [6, 6.07) is 4.03. The molecule has 0 aliphatic heterocycles. The molecule has 0 bridgehead atoms. The first-order chi connectivity index (χ1) is 9.22. The van der Waals surface area contributed by atoms with Gasteiger partial charge in [0.15, 0.2) is 5.13 Å². The minimum absolute atomic E-state index is 0.0207. The zero-order chi connectivity index (χ0) is 13.2. The van der Waals surface area contributed by atoms with E-state index in [2.05, 4.69) is 17.2 Å². The van der Waals surface area contributed by atoms with Crippen molar-refractivity contribution in [2.75, 3.05) is 5.32 Å². The molecule has 1 N–H and O–H groups in total. The van der Waals surface area contributed by atoms with E-state index in [1.807, 2.05) is 17.5 Å². The Hall–Kier alpha value is -1.62. The molecule has 1 aliphatic carbocycles. The first-order valence-electron chi connectivity index (χ1n) is 6.50. The topological polar surface area (TPSA) is 55.1 Å². The summed E-state index contributed by atoms with van der Waals surface area (Å²) < 4.78 is 5.77. The number of nitrogens with one attached hydrogen (secondary N) is 1. The second kappa shape index (κ2) is 5.17. The Morgan fingerprint density at radius 2 is 2.42 bits per heavy atom. The molecule has 2 atom stereocenters. The van der Waals surface area contributed by atoms with Crippen molar-refractivity contribution in [1.29, 1.82) is 0 Å². The average molecular weight is 276 g/mol. The van der Waals surface area contributed by atoms with Gasteiger partial charge in [-0.2, -0.15) is 0 Å². The summed E-state index contributed by atoms with van der Waals surface area (Å²) in [6.45, 7) is 2.23. The number of nitrogens with zero attached hydrogens (tertiary/aromatic N) is 1. The van der Waals surface area contributed by atoms with E-state index in [0.29, 0.717) is 23.9 Å². The Kier molecular flexibility index (Phi) is 3.38. The summed E-state index contributed by atoms with van der Waals surface area (Å²) in [6.07, 6.45) is 3.96. The molecule has 3 rings (SSSR count). The number of aryl methyl sites for hydroxylation is 1. The lowest BCUT2D eigenvalue weighted by Gasteiger charge is -2.00. The van der Waals surface area contributed by atoms with Gasteiger partial charge in [0, 0.05) is 30.3 Å². The highest BCUT2D eigenvalue weighted by atomic mass is 32.1. The molecule has 0 spiro atoms. The van der Waals surface area contributed by atoms with Gasteiger partial charge in [-0.3, -0.25) is 4.79 Å². The molecule has 0 radical (unpaired) electrons. The first-order valence-corrected chi connectivity index (χ1v) is 7.38. The fourth-order valence-electron chi connectivity index (χ4n) is 2.15. The molecule has 0 aromatic carbocycles. The van der Waals surface area contributed by atoms with Crippen LogP contribution in [0.3, 0.4) is 0 Å². The molecule has 100 valence electrons. The number of furan rings is 1. The largest absolute Gasteiger partial charge is 0.466 e. The zero-order valence-corrected chi connectivity index (χ0v) is 11.6. The SMILES string of the molecule is C[C@H]1C[C@@H]1c1ccc(CCC(=O)Nc2nccs2)o1. The molecule has 1 aliphatic rings. The van der Waals surface area contributed by atoms with Crippen LogP contribution in [0.2, 0.25) is 0 Å². The van der Waals surface area contributed by atoms with Crippen molar-refractivity contribution in [2.45, 2.75) is 32.1 Å². The van der Waals surface area contributed by atoms with Crippen molar-refractivity contribution in [3.05, 3.63) is 35.2 Å². The van der Waals surface area contributed by atoms with Crippen molar-refractivity contribution in [2.24, 2.45) is 5.92 Å². The normalized spacial score (nSPS) is 21.3. The third kappa shape index (κ3) is 3.04. The summed E-state index contributed by atoms with van der Waals surface area (Å²) >= 11 is 1.42. The van der Waals surface area contributed by atoms with Gasteiger partial charge in [-0.25, -0.2) is 4.98 Å². The summed E-state index contributed by atoms with van der Waals surface area (Å²) in [5, 5.41) is 5.26. The van der Waals surface area contributed by atoms with Crippen molar-refractivity contribution >= 4 is 22.4 Å². The molecular formula is C14H16N2O2S. The number of thiazole rings is 1. The second-order valence-corrected chi connectivity index (χ2v) is 5.90. The Labute approximate surface area is 115 Å². The Bertz CT molecular complexity index is 562. The number of hydrogen-bond acceptors (Lipinski definition) is 4. The van der Waals surface area contributed by atoms with E-state index >= 15 is 0 Å². The van der Waals surface area contributed by atoms with Crippen LogP contribution in [0, 0.1) is 5.92 Å². The van der Waals surface area contributed by atoms with Crippen LogP contribution in [0.4, 0.5) is 5.13 Å². The molecule has 1 fully saturated rings. The van der Waals surface area contributed by atoms with Gasteiger partial charge in [0.25, 0.3) is 0 Å². The monoisotopic (exact) mass is 276 g/mol. The Morgan fingerprint density at radius 1 is 1.58 bits per heavy atom. The van der Waals surface area contributed by atoms with Gasteiger partial charge in [-0.15, -0.1) is 11.3 Å². The molecule has 0 unspecified atom stereocenters. The third-order valence-electron chi connectivity index (χ3n) is 3.43. The summed E-state index contributed by atoms with van der Waals surface area (Å²) in [4.78, 5) is 15.7. The fraction of sp³-hybridized carbons (Fsp3) is 0.429. The predicted octanol–water partition coefficient (Wildman–Crippen LogP) is 3.43. The maximum atomic E-state index is 11.7. The number of carbonyl (C=O) groups excluding carboxylic acids is 1. The third-order valence-corrected chi connectivity index (χ3v) is 4.12. The number of amides is 1. The van der Waals surface area contributed by atoms with Crippen LogP contribution in [0.25, 0.3) is 0 Å². The lowest BCUT2D eigenvalue weighted by molar-refractivity contribution is -0.116. The van der Waals surface area contributed by atoms with Gasteiger partial charge >= 0.3 is 0 Å². The van der Waals surface area contributed by atoms with Crippen molar-refractivity contribution in [3.63, 3.8) is 0 Å². The minimum Gasteiger partial charge on any atom is -0.466 e. The molecule has 2 aromatic heterocycles. The van der Waals surface area contributed by atoms with Crippen molar-refractivity contribution < 1.29 is 9.21 Å². The minimum atomic E-state index is -0.0207. The molecule has 1 saturated carbocycles. The van der Waals surface area contributed by atoms with E-state index in [0.717, 1.165) is 17.4 Å². The molecule has 5 heteroatoms. The van der Waals surface area contributed by atoms with Gasteiger partial charge in [-0.1, -0.05) is 6.92 Å². The molecule has 0 saturated heterocycles. The van der Waals surface area contributed by atoms with Crippen LogP contribution < -0.4 is 5.32 Å². The molecule has 2 aromatic rings. The van der Waals surface area contributed by atoms with Gasteiger partial charge in [0.2, 0.25) is 5.91 Å². The number of carbonyl (C=O) groups is 1. The fourth-order valence-corrected chi connectivity index (χ4v) is 2.70. The van der Waals surface area contributed by atoms with Gasteiger partial charge in [0.05, 0.1) is 0 Å². The van der Waals surface area contributed by atoms with E-state index in [9.17, 15) is 4.79 Å². The zero-order valence-electron chi connectivity index (χ0n) is 10.8. The highest BCUT2D eigenvalue weighted by Crippen LogP contribution is 2.47. The van der Waals surface area contributed by atoms with Crippen LogP contribution >= 0.6 is 11.3 Å². The molecular weight excluding hydrogens is 260 g/mol. The van der Waals surface area contributed by atoms with E-state index in [4.69, 9.17) is 4.42 Å².